The van der Waals surface area contributed by atoms with Crippen molar-refractivity contribution in [1.29, 1.82) is 0 Å². The molecule has 4 nitrogen and oxygen atoms in total. The van der Waals surface area contributed by atoms with Gasteiger partial charge < -0.3 is 5.73 Å². The van der Waals surface area contributed by atoms with Crippen molar-refractivity contribution in [3.63, 3.8) is 0 Å². The fourth-order valence-corrected chi connectivity index (χ4v) is 1.71. The number of hydrogen-bond donors (Lipinski definition) is 1. The Balaban J connectivity index is 3.49. The maximum atomic E-state index is 12.3. The highest BCUT2D eigenvalue weighted by molar-refractivity contribution is 9.10. The number of nitrogens with two attached hydrogens (primary N) is 1. The molecule has 0 heterocycles. The van der Waals surface area contributed by atoms with Gasteiger partial charge in [0.15, 0.2) is 0 Å². The van der Waals surface area contributed by atoms with Gasteiger partial charge >= 0.3 is 11.9 Å². The molecule has 0 bridgehead atoms. The van der Waals surface area contributed by atoms with E-state index in [0.717, 1.165) is 6.07 Å². The van der Waals surface area contributed by atoms with Crippen LogP contribution in [0, 0.1) is 10.1 Å². The molecule has 0 radical (unpaired) electrons. The number of nitrogen functional groups attached to an aromatic ring is 1. The minimum atomic E-state index is -4.66. The topological polar surface area (TPSA) is 69.2 Å². The highest BCUT2D eigenvalue weighted by atomic mass is 79.9. The smallest absolute Gasteiger partial charge is 0.393 e. The van der Waals surface area contributed by atoms with Crippen molar-refractivity contribution < 1.29 is 18.1 Å². The van der Waals surface area contributed by atoms with Crippen molar-refractivity contribution in [3.05, 3.63) is 32.3 Å². The molecule has 2 N–H and O–H groups in total. The molecule has 0 unspecified atom stereocenters. The summed E-state index contributed by atoms with van der Waals surface area (Å²) >= 11 is 2.53. The van der Waals surface area contributed by atoms with Gasteiger partial charge in [-0.05, 0) is 28.1 Å². The zero-order valence-corrected chi connectivity index (χ0v) is 8.59. The van der Waals surface area contributed by atoms with E-state index in [1.807, 2.05) is 0 Å². The molecule has 8 heteroatoms. The van der Waals surface area contributed by atoms with Crippen molar-refractivity contribution in [2.24, 2.45) is 0 Å². The Labute approximate surface area is 90.2 Å². The quantitative estimate of drug-likeness (QED) is 0.490. The molecule has 0 atom stereocenters. The second-order valence-corrected chi connectivity index (χ2v) is 3.41. The number of rotatable bonds is 1. The summed E-state index contributed by atoms with van der Waals surface area (Å²) in [6.07, 6.45) is -4.66. The van der Waals surface area contributed by atoms with Gasteiger partial charge in [0.2, 0.25) is 0 Å². The Morgan fingerprint density at radius 2 is 1.93 bits per heavy atom. The SMILES string of the molecule is Nc1ccc(C(F)(F)F)c(Br)c1[N+](=O)[O-]. The van der Waals surface area contributed by atoms with Crippen LogP contribution >= 0.6 is 15.9 Å². The third kappa shape index (κ3) is 2.20. The first kappa shape index (κ1) is 11.8. The van der Waals surface area contributed by atoms with E-state index in [2.05, 4.69) is 15.9 Å². The van der Waals surface area contributed by atoms with E-state index in [0.29, 0.717) is 6.07 Å². The van der Waals surface area contributed by atoms with Gasteiger partial charge in [-0.1, -0.05) is 0 Å². The van der Waals surface area contributed by atoms with Crippen LogP contribution in [-0.2, 0) is 6.18 Å². The Morgan fingerprint density at radius 1 is 1.40 bits per heavy atom. The van der Waals surface area contributed by atoms with E-state index in [4.69, 9.17) is 5.73 Å². The van der Waals surface area contributed by atoms with Crippen LogP contribution in [0.25, 0.3) is 0 Å². The zero-order valence-electron chi connectivity index (χ0n) is 7.01. The first-order valence-electron chi connectivity index (χ1n) is 3.54. The average Bonchev–Trinajstić information content (AvgIpc) is 2.00. The van der Waals surface area contributed by atoms with E-state index in [9.17, 15) is 23.3 Å². The largest absolute Gasteiger partial charge is 0.417 e. The van der Waals surface area contributed by atoms with Crippen LogP contribution in [0.15, 0.2) is 16.6 Å². The molecule has 1 aromatic rings. The molecule has 0 spiro atoms. The molecule has 0 aliphatic rings. The number of alkyl halides is 3. The van der Waals surface area contributed by atoms with Crippen LogP contribution in [0.4, 0.5) is 24.5 Å². The summed E-state index contributed by atoms with van der Waals surface area (Å²) in [4.78, 5) is 9.49. The molecule has 1 rings (SSSR count). The third-order valence-corrected chi connectivity index (χ3v) is 2.44. The van der Waals surface area contributed by atoms with Crippen molar-refractivity contribution in [2.45, 2.75) is 6.18 Å². The Morgan fingerprint density at radius 3 is 2.33 bits per heavy atom. The average molecular weight is 285 g/mol. The molecule has 15 heavy (non-hydrogen) atoms. The van der Waals surface area contributed by atoms with Crippen LogP contribution in [0.5, 0.6) is 0 Å². The molecule has 0 fully saturated rings. The molecular weight excluding hydrogens is 281 g/mol. The van der Waals surface area contributed by atoms with Crippen LogP contribution < -0.4 is 5.73 Å². The maximum absolute atomic E-state index is 12.3. The molecule has 0 amide bonds. The number of nitro benzene ring substituents is 1. The van der Waals surface area contributed by atoms with Crippen molar-refractivity contribution in [2.75, 3.05) is 5.73 Å². The van der Waals surface area contributed by atoms with Gasteiger partial charge in [-0.3, -0.25) is 10.1 Å². The van der Waals surface area contributed by atoms with Crippen molar-refractivity contribution in [1.82, 2.24) is 0 Å². The van der Waals surface area contributed by atoms with Crippen LogP contribution in [0.1, 0.15) is 5.56 Å². The Kier molecular flexibility index (Phi) is 2.89. The van der Waals surface area contributed by atoms with Crippen LogP contribution in [0.3, 0.4) is 0 Å². The normalized spacial score (nSPS) is 11.5. The number of hydrogen-bond acceptors (Lipinski definition) is 3. The highest BCUT2D eigenvalue weighted by Gasteiger charge is 2.36. The molecule has 0 aromatic heterocycles. The van der Waals surface area contributed by atoms with Gasteiger partial charge in [-0.25, -0.2) is 0 Å². The second kappa shape index (κ2) is 3.69. The van der Waals surface area contributed by atoms with Crippen molar-refractivity contribution >= 4 is 27.3 Å². The standard InChI is InChI=1S/C7H4BrF3N2O2/c8-5-3(7(9,10)11)1-2-4(12)6(5)13(14)15/h1-2H,12H2. The van der Waals surface area contributed by atoms with Gasteiger partial charge in [0.1, 0.15) is 10.2 Å². The van der Waals surface area contributed by atoms with E-state index >= 15 is 0 Å². The first-order chi connectivity index (χ1) is 6.75. The lowest BCUT2D eigenvalue weighted by Crippen LogP contribution is -2.08. The second-order valence-electron chi connectivity index (χ2n) is 2.62. The number of benzene rings is 1. The monoisotopic (exact) mass is 284 g/mol. The number of nitro groups is 1. The summed E-state index contributed by atoms with van der Waals surface area (Å²) in [6, 6.07) is 1.54. The zero-order chi connectivity index (χ0) is 11.8. The summed E-state index contributed by atoms with van der Waals surface area (Å²) in [6.45, 7) is 0. The lowest BCUT2D eigenvalue weighted by atomic mass is 10.1. The van der Waals surface area contributed by atoms with E-state index < -0.39 is 26.8 Å². The molecule has 0 saturated carbocycles. The third-order valence-electron chi connectivity index (χ3n) is 1.64. The van der Waals surface area contributed by atoms with Gasteiger partial charge in [-0.15, -0.1) is 0 Å². The van der Waals surface area contributed by atoms with Gasteiger partial charge in [0, 0.05) is 0 Å². The van der Waals surface area contributed by atoms with Gasteiger partial charge in [0.05, 0.1) is 10.5 Å². The molecular formula is C7H4BrF3N2O2. The summed E-state index contributed by atoms with van der Waals surface area (Å²) in [7, 11) is 0. The predicted molar refractivity (Wildman–Crippen MR) is 50.2 cm³/mol. The van der Waals surface area contributed by atoms with Crippen LogP contribution in [0.2, 0.25) is 0 Å². The van der Waals surface area contributed by atoms with Gasteiger partial charge in [0.25, 0.3) is 0 Å². The lowest BCUT2D eigenvalue weighted by molar-refractivity contribution is -0.385. The maximum Gasteiger partial charge on any atom is 0.417 e. The number of anilines is 1. The summed E-state index contributed by atoms with van der Waals surface area (Å²) < 4.78 is 36.3. The molecule has 0 aliphatic heterocycles. The Bertz CT molecular complexity index is 419. The van der Waals surface area contributed by atoms with E-state index in [-0.39, 0.29) is 5.69 Å². The molecule has 1 aromatic carbocycles. The number of nitrogens with zero attached hydrogens (tertiary/aromatic N) is 1. The molecule has 0 aliphatic carbocycles. The molecule has 0 saturated heterocycles. The fraction of sp³-hybridized carbons (Fsp3) is 0.143. The van der Waals surface area contributed by atoms with E-state index in [1.54, 1.807) is 0 Å². The Hall–Kier alpha value is -1.31. The van der Waals surface area contributed by atoms with E-state index in [1.165, 1.54) is 0 Å². The first-order valence-corrected chi connectivity index (χ1v) is 4.34. The lowest BCUT2D eigenvalue weighted by Gasteiger charge is -2.09. The summed E-state index contributed by atoms with van der Waals surface area (Å²) in [5.74, 6) is 0. The minimum Gasteiger partial charge on any atom is -0.393 e. The predicted octanol–water partition coefficient (Wildman–Crippen LogP) is 2.96. The van der Waals surface area contributed by atoms with Gasteiger partial charge in [-0.2, -0.15) is 13.2 Å². The fourth-order valence-electron chi connectivity index (χ4n) is 0.984. The number of halogens is 4. The summed E-state index contributed by atoms with van der Waals surface area (Å²) in [5.41, 5.74) is 2.98. The minimum absolute atomic E-state index is 0.320. The highest BCUT2D eigenvalue weighted by Crippen LogP contribution is 2.41. The summed E-state index contributed by atoms with van der Waals surface area (Å²) in [5, 5.41) is 10.4. The molecule has 82 valence electrons. The van der Waals surface area contributed by atoms with Crippen LogP contribution in [-0.4, -0.2) is 4.92 Å². The van der Waals surface area contributed by atoms with Crippen molar-refractivity contribution in [3.8, 4) is 0 Å².